The summed E-state index contributed by atoms with van der Waals surface area (Å²) >= 11 is 1.90. The number of nitrogens with zero attached hydrogens (tertiary/aromatic N) is 1. The smallest absolute Gasteiger partial charge is 0.0465 e. The van der Waals surface area contributed by atoms with Crippen LogP contribution < -0.4 is 4.90 Å². The summed E-state index contributed by atoms with van der Waals surface area (Å²) in [5.74, 6) is 0. The number of rotatable bonds is 6. The Morgan fingerprint density at radius 2 is 0.823 bits per heavy atom. The van der Waals surface area contributed by atoms with Gasteiger partial charge in [0.15, 0.2) is 0 Å². The van der Waals surface area contributed by atoms with E-state index >= 15 is 0 Å². The lowest BCUT2D eigenvalue weighted by atomic mass is 9.81. The van der Waals surface area contributed by atoms with Gasteiger partial charge in [0.2, 0.25) is 0 Å². The van der Waals surface area contributed by atoms with Gasteiger partial charge in [0, 0.05) is 53.6 Å². The highest BCUT2D eigenvalue weighted by Gasteiger charge is 2.37. The van der Waals surface area contributed by atoms with Gasteiger partial charge in [-0.05, 0) is 133 Å². The van der Waals surface area contributed by atoms with E-state index < -0.39 is 0 Å². The van der Waals surface area contributed by atoms with Crippen LogP contribution in [0.15, 0.2) is 200 Å². The Morgan fingerprint density at radius 3 is 1.50 bits per heavy atom. The van der Waals surface area contributed by atoms with E-state index in [1.165, 1.54) is 98.1 Å². The molecular weight excluding hydrogens is 767 g/mol. The maximum Gasteiger partial charge on any atom is 0.0465 e. The molecule has 62 heavy (non-hydrogen) atoms. The topological polar surface area (TPSA) is 3.24 Å². The molecular formula is C60H45NS. The van der Waals surface area contributed by atoms with Crippen molar-refractivity contribution >= 4 is 48.6 Å². The second kappa shape index (κ2) is 13.8. The third kappa shape index (κ3) is 5.60. The SMILES string of the molecule is CC1(C)c2ccccc2-c2ccc(-c3cc(-c4ccc(N(c5ccc(-c6ccccc6)cc5)c5ccc6c(c5)C(C)(C)c5ccccc5-6)cc4)c4sc5ccccc5c4c3)cc21. The molecule has 9 aromatic carbocycles. The van der Waals surface area contributed by atoms with E-state index in [4.69, 9.17) is 0 Å². The molecule has 12 rings (SSSR count). The Labute approximate surface area is 368 Å². The zero-order chi connectivity index (χ0) is 41.7. The zero-order valence-electron chi connectivity index (χ0n) is 35.4. The molecule has 0 atom stereocenters. The first-order valence-corrected chi connectivity index (χ1v) is 22.6. The van der Waals surface area contributed by atoms with Crippen LogP contribution in [-0.2, 0) is 10.8 Å². The van der Waals surface area contributed by atoms with Crippen LogP contribution in [0.25, 0.3) is 75.8 Å². The summed E-state index contributed by atoms with van der Waals surface area (Å²) in [4.78, 5) is 2.42. The number of anilines is 3. The molecule has 0 saturated carbocycles. The average Bonchev–Trinajstić information content (AvgIpc) is 3.89. The summed E-state index contributed by atoms with van der Waals surface area (Å²) in [5, 5.41) is 2.63. The summed E-state index contributed by atoms with van der Waals surface area (Å²) in [5.41, 5.74) is 21.6. The highest BCUT2D eigenvalue weighted by atomic mass is 32.1. The molecule has 0 spiro atoms. The molecule has 0 aliphatic heterocycles. The predicted octanol–water partition coefficient (Wildman–Crippen LogP) is 17.1. The summed E-state index contributed by atoms with van der Waals surface area (Å²) in [6, 6.07) is 74.7. The normalized spacial score (nSPS) is 14.1. The largest absolute Gasteiger partial charge is 0.310 e. The van der Waals surface area contributed by atoms with Gasteiger partial charge in [-0.2, -0.15) is 0 Å². The minimum Gasteiger partial charge on any atom is -0.310 e. The molecule has 2 heteroatoms. The minimum absolute atomic E-state index is 0.0634. The van der Waals surface area contributed by atoms with Crippen LogP contribution in [0.2, 0.25) is 0 Å². The monoisotopic (exact) mass is 811 g/mol. The van der Waals surface area contributed by atoms with Crippen molar-refractivity contribution in [2.75, 3.05) is 4.90 Å². The fourth-order valence-electron chi connectivity index (χ4n) is 10.6. The molecule has 0 radical (unpaired) electrons. The Balaban J connectivity index is 0.989. The van der Waals surface area contributed by atoms with Crippen LogP contribution in [0, 0.1) is 0 Å². The van der Waals surface area contributed by atoms with Gasteiger partial charge < -0.3 is 4.90 Å². The molecule has 0 amide bonds. The Bertz CT molecular complexity index is 3390. The van der Waals surface area contributed by atoms with E-state index in [1.807, 2.05) is 11.3 Å². The lowest BCUT2D eigenvalue weighted by Gasteiger charge is -2.28. The van der Waals surface area contributed by atoms with Crippen molar-refractivity contribution in [1.82, 2.24) is 0 Å². The lowest BCUT2D eigenvalue weighted by Crippen LogP contribution is -2.16. The van der Waals surface area contributed by atoms with Crippen molar-refractivity contribution in [2.24, 2.45) is 0 Å². The summed E-state index contributed by atoms with van der Waals surface area (Å²) in [6.07, 6.45) is 0. The van der Waals surface area contributed by atoms with Crippen molar-refractivity contribution in [3.8, 4) is 55.6 Å². The number of hydrogen-bond donors (Lipinski definition) is 0. The van der Waals surface area contributed by atoms with Gasteiger partial charge in [-0.25, -0.2) is 0 Å². The number of fused-ring (bicyclic) bond motifs is 9. The highest BCUT2D eigenvalue weighted by Crippen LogP contribution is 2.52. The molecule has 2 aliphatic carbocycles. The van der Waals surface area contributed by atoms with Crippen LogP contribution in [-0.4, -0.2) is 0 Å². The van der Waals surface area contributed by atoms with Crippen molar-refractivity contribution in [3.63, 3.8) is 0 Å². The first kappa shape index (κ1) is 36.8. The Hall–Kier alpha value is -7.00. The molecule has 1 aromatic heterocycles. The first-order valence-electron chi connectivity index (χ1n) is 21.7. The van der Waals surface area contributed by atoms with Gasteiger partial charge in [0.1, 0.15) is 0 Å². The van der Waals surface area contributed by atoms with E-state index in [0.29, 0.717) is 0 Å². The molecule has 1 nitrogen and oxygen atoms in total. The van der Waals surface area contributed by atoms with E-state index in [9.17, 15) is 0 Å². The van der Waals surface area contributed by atoms with Crippen LogP contribution >= 0.6 is 11.3 Å². The lowest BCUT2D eigenvalue weighted by molar-refractivity contribution is 0.660. The van der Waals surface area contributed by atoms with Crippen molar-refractivity contribution in [2.45, 2.75) is 38.5 Å². The highest BCUT2D eigenvalue weighted by molar-refractivity contribution is 7.26. The van der Waals surface area contributed by atoms with Crippen molar-refractivity contribution in [3.05, 3.63) is 222 Å². The second-order valence-corrected chi connectivity index (χ2v) is 19.2. The molecule has 296 valence electrons. The van der Waals surface area contributed by atoms with E-state index in [1.54, 1.807) is 0 Å². The van der Waals surface area contributed by atoms with Crippen LogP contribution in [0.3, 0.4) is 0 Å². The molecule has 0 bridgehead atoms. The summed E-state index contributed by atoms with van der Waals surface area (Å²) in [6.45, 7) is 9.46. The van der Waals surface area contributed by atoms with E-state index in [0.717, 1.165) is 17.1 Å². The Morgan fingerprint density at radius 1 is 0.323 bits per heavy atom. The summed E-state index contributed by atoms with van der Waals surface area (Å²) < 4.78 is 2.64. The van der Waals surface area contributed by atoms with Crippen molar-refractivity contribution in [1.29, 1.82) is 0 Å². The maximum absolute atomic E-state index is 2.45. The van der Waals surface area contributed by atoms with Gasteiger partial charge >= 0.3 is 0 Å². The summed E-state index contributed by atoms with van der Waals surface area (Å²) in [7, 11) is 0. The fourth-order valence-corrected chi connectivity index (χ4v) is 11.8. The quantitative estimate of drug-likeness (QED) is 0.162. The zero-order valence-corrected chi connectivity index (χ0v) is 36.2. The number of thiophene rings is 1. The van der Waals surface area contributed by atoms with E-state index in [-0.39, 0.29) is 10.8 Å². The number of hydrogen-bond acceptors (Lipinski definition) is 2. The second-order valence-electron chi connectivity index (χ2n) is 18.1. The van der Waals surface area contributed by atoms with E-state index in [2.05, 4.69) is 233 Å². The van der Waals surface area contributed by atoms with Crippen LogP contribution in [0.4, 0.5) is 17.1 Å². The van der Waals surface area contributed by atoms with Gasteiger partial charge in [-0.1, -0.05) is 167 Å². The Kier molecular flexibility index (Phi) is 8.17. The van der Waals surface area contributed by atoms with Gasteiger partial charge in [0.25, 0.3) is 0 Å². The fraction of sp³-hybridized carbons (Fsp3) is 0.100. The van der Waals surface area contributed by atoms with Crippen LogP contribution in [0.1, 0.15) is 49.9 Å². The predicted molar refractivity (Wildman–Crippen MR) is 265 cm³/mol. The standard InChI is InChI=1S/C60H45NS/c1-59(2)53-19-11-8-16-46(53)48-32-26-41(36-55(48)59)42-34-51(58-52(35-42)50-18-10-13-21-57(50)62-58)40-24-29-44(30-25-40)61(43-27-22-39(23-28-43)38-14-6-5-7-15-38)45-31-33-49-47-17-9-12-20-54(47)60(3,4)56(49)37-45/h5-37H,1-4H3. The van der Waals surface area contributed by atoms with Gasteiger partial charge in [-0.15, -0.1) is 11.3 Å². The molecule has 0 fully saturated rings. The molecule has 0 saturated heterocycles. The number of benzene rings is 9. The molecule has 10 aromatic rings. The third-order valence-corrected chi connectivity index (χ3v) is 15.1. The van der Waals surface area contributed by atoms with Gasteiger partial charge in [0.05, 0.1) is 0 Å². The molecule has 2 aliphatic rings. The van der Waals surface area contributed by atoms with Crippen LogP contribution in [0.5, 0.6) is 0 Å². The average molecular weight is 812 g/mol. The molecule has 0 N–H and O–H groups in total. The first-order chi connectivity index (χ1) is 30.2. The third-order valence-electron chi connectivity index (χ3n) is 13.9. The molecule has 0 unspecified atom stereocenters. The molecule has 1 heterocycles. The van der Waals surface area contributed by atoms with Crippen molar-refractivity contribution < 1.29 is 0 Å². The minimum atomic E-state index is -0.103. The maximum atomic E-state index is 2.45. The van der Waals surface area contributed by atoms with Gasteiger partial charge in [-0.3, -0.25) is 0 Å².